The zero-order valence-corrected chi connectivity index (χ0v) is 8.55. The minimum Gasteiger partial charge on any atom is -0.399 e. The molecule has 0 aliphatic carbocycles. The number of rotatable bonds is 2. The van der Waals surface area contributed by atoms with Crippen LogP contribution < -0.4 is 5.73 Å². The lowest BCUT2D eigenvalue weighted by Crippen LogP contribution is -2.10. The molecule has 6 heteroatoms. The van der Waals surface area contributed by atoms with E-state index >= 15 is 0 Å². The van der Waals surface area contributed by atoms with Gasteiger partial charge in [0.2, 0.25) is 0 Å². The van der Waals surface area contributed by atoms with Gasteiger partial charge in [0.1, 0.15) is 6.33 Å². The Morgan fingerprint density at radius 2 is 1.87 bits per heavy atom. The van der Waals surface area contributed by atoms with Crippen LogP contribution in [0.5, 0.6) is 0 Å². The highest BCUT2D eigenvalue weighted by Crippen LogP contribution is 2.14. The lowest BCUT2D eigenvalue weighted by molar-refractivity contribution is 0.587. The van der Waals surface area contributed by atoms with E-state index in [1.165, 1.54) is 30.9 Å². The van der Waals surface area contributed by atoms with Gasteiger partial charge in [-0.15, -0.1) is 0 Å². The maximum atomic E-state index is 11.9. The van der Waals surface area contributed by atoms with Crippen LogP contribution >= 0.6 is 0 Å². The van der Waals surface area contributed by atoms with Crippen LogP contribution in [0.3, 0.4) is 0 Å². The number of hydrogen-bond donors (Lipinski definition) is 1. The molecule has 15 heavy (non-hydrogen) atoms. The summed E-state index contributed by atoms with van der Waals surface area (Å²) in [6.07, 6.45) is 4.03. The Morgan fingerprint density at radius 1 is 1.20 bits per heavy atom. The standard InChI is InChI=1S/C9H9N3O2S/c10-8-1-3-9(4-2-8)15(13,14)12-6-5-11-7-12/h1-7H,10H2. The van der Waals surface area contributed by atoms with Gasteiger partial charge in [0.05, 0.1) is 4.90 Å². The van der Waals surface area contributed by atoms with Crippen LogP contribution in [0.1, 0.15) is 0 Å². The van der Waals surface area contributed by atoms with Crippen LogP contribution in [0.15, 0.2) is 47.9 Å². The van der Waals surface area contributed by atoms with E-state index in [1.807, 2.05) is 0 Å². The van der Waals surface area contributed by atoms with Crippen molar-refractivity contribution in [2.75, 3.05) is 5.73 Å². The molecule has 2 aromatic rings. The molecule has 1 aromatic heterocycles. The highest BCUT2D eigenvalue weighted by Gasteiger charge is 2.15. The van der Waals surface area contributed by atoms with Gasteiger partial charge in [-0.05, 0) is 24.3 Å². The lowest BCUT2D eigenvalue weighted by atomic mass is 10.3. The van der Waals surface area contributed by atoms with Crippen molar-refractivity contribution < 1.29 is 8.42 Å². The van der Waals surface area contributed by atoms with Crippen LogP contribution in [0.2, 0.25) is 0 Å². The van der Waals surface area contributed by atoms with Gasteiger partial charge < -0.3 is 5.73 Å². The van der Waals surface area contributed by atoms with Gasteiger partial charge in [-0.2, -0.15) is 0 Å². The van der Waals surface area contributed by atoms with Gasteiger partial charge in [-0.3, -0.25) is 0 Å². The van der Waals surface area contributed by atoms with Crippen LogP contribution in [-0.2, 0) is 10.0 Å². The van der Waals surface area contributed by atoms with E-state index in [2.05, 4.69) is 4.98 Å². The van der Waals surface area contributed by atoms with Crippen LogP contribution in [-0.4, -0.2) is 17.4 Å². The topological polar surface area (TPSA) is 78.0 Å². The molecule has 1 heterocycles. The number of anilines is 1. The van der Waals surface area contributed by atoms with Crippen molar-refractivity contribution >= 4 is 15.7 Å². The van der Waals surface area contributed by atoms with Crippen LogP contribution in [0, 0.1) is 0 Å². The lowest BCUT2D eigenvalue weighted by Gasteiger charge is -2.04. The summed E-state index contributed by atoms with van der Waals surface area (Å²) < 4.78 is 24.8. The van der Waals surface area contributed by atoms with Crippen molar-refractivity contribution in [2.24, 2.45) is 0 Å². The quantitative estimate of drug-likeness (QED) is 0.760. The third-order valence-electron chi connectivity index (χ3n) is 1.94. The Balaban J connectivity index is 2.52. The fraction of sp³-hybridized carbons (Fsp3) is 0. The highest BCUT2D eigenvalue weighted by molar-refractivity contribution is 7.90. The molecule has 0 fully saturated rings. The van der Waals surface area contributed by atoms with Gasteiger partial charge >= 0.3 is 0 Å². The number of nitrogens with zero attached hydrogens (tertiary/aromatic N) is 2. The summed E-state index contributed by atoms with van der Waals surface area (Å²) in [5.74, 6) is 0. The van der Waals surface area contributed by atoms with Gasteiger partial charge in [0, 0.05) is 18.1 Å². The van der Waals surface area contributed by atoms with E-state index < -0.39 is 10.0 Å². The van der Waals surface area contributed by atoms with Crippen molar-refractivity contribution in [3.05, 3.63) is 43.0 Å². The number of nitrogens with two attached hydrogens (primary N) is 1. The molecule has 0 unspecified atom stereocenters. The minimum atomic E-state index is -3.51. The minimum absolute atomic E-state index is 0.190. The molecule has 0 saturated heterocycles. The molecule has 78 valence electrons. The first kappa shape index (κ1) is 9.72. The molecule has 0 bridgehead atoms. The first-order valence-electron chi connectivity index (χ1n) is 4.20. The largest absolute Gasteiger partial charge is 0.399 e. The zero-order chi connectivity index (χ0) is 10.9. The Labute approximate surface area is 87.2 Å². The molecule has 0 amide bonds. The maximum absolute atomic E-state index is 11.9. The highest BCUT2D eigenvalue weighted by atomic mass is 32.2. The van der Waals surface area contributed by atoms with Gasteiger partial charge in [-0.25, -0.2) is 17.4 Å². The third-order valence-corrected chi connectivity index (χ3v) is 3.57. The first-order chi connectivity index (χ1) is 7.10. The second kappa shape index (κ2) is 3.39. The molecule has 5 nitrogen and oxygen atoms in total. The molecular weight excluding hydrogens is 214 g/mol. The molecule has 0 aliphatic heterocycles. The number of hydrogen-bond acceptors (Lipinski definition) is 4. The van der Waals surface area contributed by atoms with E-state index in [0.29, 0.717) is 5.69 Å². The van der Waals surface area contributed by atoms with E-state index in [9.17, 15) is 8.42 Å². The summed E-state index contributed by atoms with van der Waals surface area (Å²) in [7, 11) is -3.51. The number of nitrogen functional groups attached to an aromatic ring is 1. The molecule has 0 radical (unpaired) electrons. The Hall–Kier alpha value is -1.82. The summed E-state index contributed by atoms with van der Waals surface area (Å²) in [6, 6.07) is 6.02. The third kappa shape index (κ3) is 1.71. The second-order valence-electron chi connectivity index (χ2n) is 2.97. The summed E-state index contributed by atoms with van der Waals surface area (Å²) in [4.78, 5) is 3.88. The van der Waals surface area contributed by atoms with Crippen molar-refractivity contribution in [3.63, 3.8) is 0 Å². The zero-order valence-electron chi connectivity index (χ0n) is 7.74. The van der Waals surface area contributed by atoms with E-state index in [4.69, 9.17) is 5.73 Å². The molecular formula is C9H9N3O2S. The molecule has 0 spiro atoms. The average molecular weight is 223 g/mol. The summed E-state index contributed by atoms with van der Waals surface area (Å²) in [5, 5.41) is 0. The van der Waals surface area contributed by atoms with E-state index in [-0.39, 0.29) is 4.90 Å². The molecule has 0 saturated carbocycles. The SMILES string of the molecule is Nc1ccc(S(=O)(=O)n2ccnc2)cc1. The predicted octanol–water partition coefficient (Wildman–Crippen LogP) is 0.702. The van der Waals surface area contributed by atoms with E-state index in [0.717, 1.165) is 3.97 Å². The Bertz CT molecular complexity index is 544. The fourth-order valence-electron chi connectivity index (χ4n) is 1.15. The Morgan fingerprint density at radius 3 is 2.40 bits per heavy atom. The normalized spacial score (nSPS) is 11.5. The maximum Gasteiger partial charge on any atom is 0.268 e. The van der Waals surface area contributed by atoms with Crippen LogP contribution in [0.25, 0.3) is 0 Å². The number of aromatic nitrogens is 2. The predicted molar refractivity (Wildman–Crippen MR) is 55.7 cm³/mol. The average Bonchev–Trinajstić information content (AvgIpc) is 2.71. The van der Waals surface area contributed by atoms with Gasteiger partial charge in [0.25, 0.3) is 10.0 Å². The van der Waals surface area contributed by atoms with Crippen LogP contribution in [0.4, 0.5) is 5.69 Å². The molecule has 0 aliphatic rings. The number of benzene rings is 1. The molecule has 2 N–H and O–H groups in total. The molecule has 1 aromatic carbocycles. The van der Waals surface area contributed by atoms with Crippen molar-refractivity contribution in [3.8, 4) is 0 Å². The first-order valence-corrected chi connectivity index (χ1v) is 5.64. The molecule has 0 atom stereocenters. The second-order valence-corrected chi connectivity index (χ2v) is 4.81. The number of imidazole rings is 1. The monoisotopic (exact) mass is 223 g/mol. The fourth-order valence-corrected chi connectivity index (χ4v) is 2.27. The van der Waals surface area contributed by atoms with Gasteiger partial charge in [-0.1, -0.05) is 0 Å². The smallest absolute Gasteiger partial charge is 0.268 e. The summed E-state index contributed by atoms with van der Waals surface area (Å²) in [5.41, 5.74) is 6.00. The van der Waals surface area contributed by atoms with Crippen molar-refractivity contribution in [1.29, 1.82) is 0 Å². The van der Waals surface area contributed by atoms with Gasteiger partial charge in [0.15, 0.2) is 0 Å². The summed E-state index contributed by atoms with van der Waals surface area (Å²) >= 11 is 0. The van der Waals surface area contributed by atoms with Crippen molar-refractivity contribution in [2.45, 2.75) is 4.90 Å². The molecule has 2 rings (SSSR count). The Kier molecular flexibility index (Phi) is 2.20. The summed E-state index contributed by atoms with van der Waals surface area (Å²) in [6.45, 7) is 0. The van der Waals surface area contributed by atoms with E-state index in [1.54, 1.807) is 12.1 Å². The van der Waals surface area contributed by atoms with Crippen molar-refractivity contribution in [1.82, 2.24) is 8.96 Å².